The lowest BCUT2D eigenvalue weighted by Crippen LogP contribution is -2.52. The Kier molecular flexibility index (Phi) is 6.53. The van der Waals surface area contributed by atoms with Crippen LogP contribution in [0.4, 0.5) is 4.79 Å². The van der Waals surface area contributed by atoms with Gasteiger partial charge in [0.05, 0.1) is 19.3 Å². The van der Waals surface area contributed by atoms with Crippen LogP contribution in [0.5, 0.6) is 0 Å². The van der Waals surface area contributed by atoms with Gasteiger partial charge in [0.1, 0.15) is 0 Å². The molecule has 0 spiro atoms. The number of imide groups is 2. The topological polar surface area (TPSA) is 64.2 Å². The highest BCUT2D eigenvalue weighted by atomic mass is 32.1. The molecule has 8 heteroatoms. The molecular weight excluding hydrogens is 448 g/mol. The number of urea groups is 1. The highest BCUT2D eigenvalue weighted by Crippen LogP contribution is 2.29. The Morgan fingerprint density at radius 3 is 1.85 bits per heavy atom. The Hall–Kier alpha value is -3.33. The predicted octanol–water partition coefficient (Wildman–Crippen LogP) is 3.40. The van der Waals surface area contributed by atoms with Gasteiger partial charge in [-0.25, -0.2) is 9.69 Å². The lowest BCUT2D eigenvalue weighted by Gasteiger charge is -2.40. The quantitative estimate of drug-likeness (QED) is 0.388. The molecule has 0 saturated carbocycles. The number of benzene rings is 2. The van der Waals surface area contributed by atoms with Crippen LogP contribution in [0.1, 0.15) is 22.0 Å². The summed E-state index contributed by atoms with van der Waals surface area (Å²) in [5, 5.41) is 1.89. The normalized spacial score (nSPS) is 17.9. The minimum Gasteiger partial charge on any atom is -0.290 e. The Labute approximate surface area is 202 Å². The van der Waals surface area contributed by atoms with Crippen molar-refractivity contribution in [3.63, 3.8) is 0 Å². The zero-order valence-electron chi connectivity index (χ0n) is 18.7. The number of rotatable bonds is 7. The first-order valence-electron chi connectivity index (χ1n) is 11.4. The van der Waals surface area contributed by atoms with E-state index in [9.17, 15) is 14.4 Å². The van der Waals surface area contributed by atoms with E-state index >= 15 is 0 Å². The lowest BCUT2D eigenvalue weighted by molar-refractivity contribution is -0.144. The van der Waals surface area contributed by atoms with Crippen LogP contribution in [0.25, 0.3) is 0 Å². The van der Waals surface area contributed by atoms with E-state index in [1.807, 2.05) is 29.6 Å². The summed E-state index contributed by atoms with van der Waals surface area (Å²) in [5.41, 5.74) is 2.48. The van der Waals surface area contributed by atoms with Gasteiger partial charge in [0.25, 0.3) is 0 Å². The number of hydrogen-bond acceptors (Lipinski definition) is 6. The SMILES string of the molecule is O=C1C(=O)N(CN2CCN(C(c3ccccc3)c3ccccc3)CC2)C(=O)N1Cc1cccs1. The van der Waals surface area contributed by atoms with Gasteiger partial charge in [-0.3, -0.25) is 24.3 Å². The average molecular weight is 475 g/mol. The van der Waals surface area contributed by atoms with E-state index < -0.39 is 17.8 Å². The van der Waals surface area contributed by atoms with Crippen LogP contribution in [0, 0.1) is 0 Å². The molecule has 2 aliphatic heterocycles. The number of thiophene rings is 1. The first kappa shape index (κ1) is 22.5. The van der Waals surface area contributed by atoms with Crippen molar-refractivity contribution < 1.29 is 14.4 Å². The minimum atomic E-state index is -0.745. The minimum absolute atomic E-state index is 0.138. The van der Waals surface area contributed by atoms with E-state index in [0.29, 0.717) is 13.1 Å². The maximum absolute atomic E-state index is 12.8. The molecule has 2 saturated heterocycles. The molecule has 0 aliphatic carbocycles. The third-order valence-electron chi connectivity index (χ3n) is 6.37. The molecule has 0 atom stereocenters. The summed E-state index contributed by atoms with van der Waals surface area (Å²) >= 11 is 1.46. The fourth-order valence-corrected chi connectivity index (χ4v) is 5.31. The van der Waals surface area contributed by atoms with Crippen LogP contribution in [0.15, 0.2) is 78.2 Å². The number of piperazine rings is 1. The van der Waals surface area contributed by atoms with Crippen molar-refractivity contribution >= 4 is 29.2 Å². The van der Waals surface area contributed by atoms with Gasteiger partial charge in [-0.15, -0.1) is 11.3 Å². The number of amides is 4. The molecule has 2 aromatic carbocycles. The number of nitrogens with zero attached hydrogens (tertiary/aromatic N) is 4. The van der Waals surface area contributed by atoms with Gasteiger partial charge in [0.2, 0.25) is 0 Å². The molecule has 2 aliphatic rings. The summed E-state index contributed by atoms with van der Waals surface area (Å²) in [7, 11) is 0. The van der Waals surface area contributed by atoms with Gasteiger partial charge in [-0.1, -0.05) is 66.7 Å². The predicted molar refractivity (Wildman–Crippen MR) is 130 cm³/mol. The smallest absolute Gasteiger partial charge is 0.290 e. The van der Waals surface area contributed by atoms with Crippen molar-refractivity contribution in [1.29, 1.82) is 0 Å². The molecule has 174 valence electrons. The Balaban J connectivity index is 1.24. The molecule has 0 bridgehead atoms. The maximum atomic E-state index is 12.8. The molecule has 1 aromatic heterocycles. The van der Waals surface area contributed by atoms with Crippen LogP contribution in [-0.4, -0.2) is 70.3 Å². The maximum Gasteiger partial charge on any atom is 0.335 e. The van der Waals surface area contributed by atoms with Gasteiger partial charge in [0.15, 0.2) is 0 Å². The number of hydrogen-bond donors (Lipinski definition) is 0. The second-order valence-electron chi connectivity index (χ2n) is 8.51. The first-order chi connectivity index (χ1) is 16.6. The summed E-state index contributed by atoms with van der Waals surface area (Å²) < 4.78 is 0. The van der Waals surface area contributed by atoms with E-state index in [0.717, 1.165) is 27.8 Å². The molecule has 3 heterocycles. The zero-order chi connectivity index (χ0) is 23.5. The highest BCUT2D eigenvalue weighted by molar-refractivity contribution is 7.09. The number of carbonyl (C=O) groups is 3. The van der Waals surface area contributed by atoms with Crippen molar-refractivity contribution in [1.82, 2.24) is 19.6 Å². The lowest BCUT2D eigenvalue weighted by atomic mass is 9.96. The third kappa shape index (κ3) is 4.52. The van der Waals surface area contributed by atoms with E-state index in [4.69, 9.17) is 0 Å². The van der Waals surface area contributed by atoms with Crippen LogP contribution >= 0.6 is 11.3 Å². The molecule has 5 rings (SSSR count). The van der Waals surface area contributed by atoms with Crippen LogP contribution in [0.2, 0.25) is 0 Å². The summed E-state index contributed by atoms with van der Waals surface area (Å²) in [6.45, 7) is 3.26. The summed E-state index contributed by atoms with van der Waals surface area (Å²) in [4.78, 5) is 45.3. The Morgan fingerprint density at radius 2 is 1.29 bits per heavy atom. The van der Waals surface area contributed by atoms with Gasteiger partial charge in [-0.05, 0) is 22.6 Å². The average Bonchev–Trinajstić information content (AvgIpc) is 3.46. The van der Waals surface area contributed by atoms with Crippen LogP contribution in [-0.2, 0) is 16.1 Å². The fraction of sp³-hybridized carbons (Fsp3) is 0.269. The van der Waals surface area contributed by atoms with Crippen LogP contribution < -0.4 is 0 Å². The van der Waals surface area contributed by atoms with E-state index in [1.165, 1.54) is 22.5 Å². The van der Waals surface area contributed by atoms with Gasteiger partial charge in [0, 0.05) is 31.1 Å². The molecule has 0 unspecified atom stereocenters. The summed E-state index contributed by atoms with van der Waals surface area (Å²) in [6.07, 6.45) is 0. The molecule has 3 aromatic rings. The monoisotopic (exact) mass is 474 g/mol. The largest absolute Gasteiger partial charge is 0.335 e. The Morgan fingerprint density at radius 1 is 0.706 bits per heavy atom. The molecule has 0 N–H and O–H groups in total. The Bertz CT molecular complexity index is 1110. The summed E-state index contributed by atoms with van der Waals surface area (Å²) in [6, 6.07) is 24.2. The van der Waals surface area contributed by atoms with E-state index in [2.05, 4.69) is 58.3 Å². The third-order valence-corrected chi connectivity index (χ3v) is 7.23. The number of carbonyl (C=O) groups excluding carboxylic acids is 3. The standard InChI is InChI=1S/C26H26N4O3S/c31-24-25(32)30(26(33)29(24)18-22-12-7-17-34-22)19-27-13-15-28(16-14-27)23(20-8-3-1-4-9-20)21-10-5-2-6-11-21/h1-12,17,23H,13-16,18-19H2. The second-order valence-corrected chi connectivity index (χ2v) is 9.54. The van der Waals surface area contributed by atoms with Crippen molar-refractivity contribution in [2.24, 2.45) is 0 Å². The molecule has 7 nitrogen and oxygen atoms in total. The highest BCUT2D eigenvalue weighted by Gasteiger charge is 2.45. The molecule has 34 heavy (non-hydrogen) atoms. The zero-order valence-corrected chi connectivity index (χ0v) is 19.6. The molecule has 0 radical (unpaired) electrons. The van der Waals surface area contributed by atoms with Crippen LogP contribution in [0.3, 0.4) is 0 Å². The van der Waals surface area contributed by atoms with Gasteiger partial charge < -0.3 is 0 Å². The van der Waals surface area contributed by atoms with E-state index in [1.54, 1.807) is 0 Å². The second kappa shape index (κ2) is 9.89. The van der Waals surface area contributed by atoms with Crippen molar-refractivity contribution in [3.05, 3.63) is 94.2 Å². The molecule has 2 fully saturated rings. The van der Waals surface area contributed by atoms with Crippen molar-refractivity contribution in [3.8, 4) is 0 Å². The van der Waals surface area contributed by atoms with Gasteiger partial charge >= 0.3 is 17.8 Å². The van der Waals surface area contributed by atoms with Crippen molar-refractivity contribution in [2.75, 3.05) is 32.8 Å². The summed E-state index contributed by atoms with van der Waals surface area (Å²) in [5.74, 6) is -1.49. The first-order valence-corrected chi connectivity index (χ1v) is 12.3. The van der Waals surface area contributed by atoms with Gasteiger partial charge in [-0.2, -0.15) is 0 Å². The van der Waals surface area contributed by atoms with E-state index in [-0.39, 0.29) is 19.3 Å². The van der Waals surface area contributed by atoms with Crippen molar-refractivity contribution in [2.45, 2.75) is 12.6 Å². The fourth-order valence-electron chi connectivity index (χ4n) is 4.62. The molecule has 4 amide bonds. The molecular formula is C26H26N4O3S.